The lowest BCUT2D eigenvalue weighted by atomic mass is 9.91. The number of hydrogen-bond acceptors (Lipinski definition) is 5. The second-order valence-electron chi connectivity index (χ2n) is 7.73. The SMILES string of the molecule is CC(=O)c1ccc(OCCCN2CCC(c3noc4cc(F)ccc34)CC2)c(Br)c1. The minimum atomic E-state index is -0.302. The zero-order chi connectivity index (χ0) is 21.1. The topological polar surface area (TPSA) is 55.6 Å². The molecular formula is C23H24BrFN2O3. The summed E-state index contributed by atoms with van der Waals surface area (Å²) in [5, 5.41) is 5.13. The summed E-state index contributed by atoms with van der Waals surface area (Å²) in [7, 11) is 0. The minimum absolute atomic E-state index is 0.0384. The number of likely N-dealkylation sites (tertiary alicyclic amines) is 1. The molecule has 0 bridgehead atoms. The van der Waals surface area contributed by atoms with Crippen molar-refractivity contribution in [1.82, 2.24) is 10.1 Å². The van der Waals surface area contributed by atoms with E-state index in [1.165, 1.54) is 12.1 Å². The smallest absolute Gasteiger partial charge is 0.170 e. The third-order valence-corrected chi connectivity index (χ3v) is 6.27. The Hall–Kier alpha value is -2.25. The number of ether oxygens (including phenoxy) is 1. The fraction of sp³-hybridized carbons (Fsp3) is 0.391. The molecule has 1 aromatic heterocycles. The Morgan fingerprint density at radius 3 is 2.80 bits per heavy atom. The van der Waals surface area contributed by atoms with Crippen molar-refractivity contribution in [3.8, 4) is 5.75 Å². The van der Waals surface area contributed by atoms with Crippen LogP contribution in [0.15, 0.2) is 45.4 Å². The van der Waals surface area contributed by atoms with Gasteiger partial charge in [0, 0.05) is 29.5 Å². The molecule has 7 heteroatoms. The van der Waals surface area contributed by atoms with Crippen LogP contribution in [-0.2, 0) is 0 Å². The first-order valence-electron chi connectivity index (χ1n) is 10.2. The van der Waals surface area contributed by atoms with E-state index in [4.69, 9.17) is 9.26 Å². The number of carbonyl (C=O) groups excluding carboxylic acids is 1. The molecule has 0 amide bonds. The molecule has 158 valence electrons. The molecule has 0 aliphatic carbocycles. The molecule has 1 saturated heterocycles. The van der Waals surface area contributed by atoms with E-state index >= 15 is 0 Å². The van der Waals surface area contributed by atoms with Gasteiger partial charge in [0.25, 0.3) is 0 Å². The highest BCUT2D eigenvalue weighted by atomic mass is 79.9. The molecule has 0 saturated carbocycles. The number of ketones is 1. The molecule has 2 aromatic carbocycles. The van der Waals surface area contributed by atoms with E-state index in [1.54, 1.807) is 25.1 Å². The number of piperidine rings is 1. The summed E-state index contributed by atoms with van der Waals surface area (Å²) in [6.07, 6.45) is 2.95. The summed E-state index contributed by atoms with van der Waals surface area (Å²) in [5.74, 6) is 0.841. The van der Waals surface area contributed by atoms with Crippen LogP contribution in [0.3, 0.4) is 0 Å². The van der Waals surface area contributed by atoms with Crippen molar-refractivity contribution in [2.45, 2.75) is 32.1 Å². The zero-order valence-corrected chi connectivity index (χ0v) is 18.5. The Bertz CT molecular complexity index is 1040. The van der Waals surface area contributed by atoms with Crippen LogP contribution in [0.4, 0.5) is 4.39 Å². The molecule has 3 aromatic rings. The van der Waals surface area contributed by atoms with E-state index in [9.17, 15) is 9.18 Å². The first kappa shape index (κ1) is 21.0. The maximum atomic E-state index is 13.3. The fourth-order valence-corrected chi connectivity index (χ4v) is 4.46. The Kier molecular flexibility index (Phi) is 6.49. The summed E-state index contributed by atoms with van der Waals surface area (Å²) in [4.78, 5) is 13.9. The molecule has 0 unspecified atom stereocenters. The van der Waals surface area contributed by atoms with E-state index < -0.39 is 0 Å². The van der Waals surface area contributed by atoms with Crippen molar-refractivity contribution in [2.75, 3.05) is 26.2 Å². The van der Waals surface area contributed by atoms with Crippen molar-refractivity contribution < 1.29 is 18.4 Å². The van der Waals surface area contributed by atoms with Gasteiger partial charge >= 0.3 is 0 Å². The number of benzene rings is 2. The van der Waals surface area contributed by atoms with Crippen LogP contribution in [0.5, 0.6) is 5.75 Å². The quantitative estimate of drug-likeness (QED) is 0.330. The number of Topliss-reactive ketones (excluding diaryl/α,β-unsaturated/α-hetero) is 1. The van der Waals surface area contributed by atoms with Crippen molar-refractivity contribution in [3.63, 3.8) is 0 Å². The predicted octanol–water partition coefficient (Wildman–Crippen LogP) is 5.58. The van der Waals surface area contributed by atoms with Crippen LogP contribution < -0.4 is 4.74 Å². The van der Waals surface area contributed by atoms with Crippen molar-refractivity contribution in [1.29, 1.82) is 0 Å². The Morgan fingerprint density at radius 2 is 2.07 bits per heavy atom. The van der Waals surface area contributed by atoms with E-state index in [2.05, 4.69) is 26.0 Å². The van der Waals surface area contributed by atoms with Crippen LogP contribution in [-0.4, -0.2) is 42.1 Å². The van der Waals surface area contributed by atoms with Crippen LogP contribution >= 0.6 is 15.9 Å². The Labute approximate surface area is 183 Å². The maximum absolute atomic E-state index is 13.3. The van der Waals surface area contributed by atoms with Gasteiger partial charge in [-0.3, -0.25) is 4.79 Å². The molecule has 0 N–H and O–H groups in total. The summed E-state index contributed by atoms with van der Waals surface area (Å²) < 4.78 is 25.3. The highest BCUT2D eigenvalue weighted by Gasteiger charge is 2.25. The third-order valence-electron chi connectivity index (χ3n) is 5.65. The number of fused-ring (bicyclic) bond motifs is 1. The fourth-order valence-electron chi connectivity index (χ4n) is 3.96. The van der Waals surface area contributed by atoms with Gasteiger partial charge in [-0.2, -0.15) is 0 Å². The van der Waals surface area contributed by atoms with Crippen LogP contribution in [0.25, 0.3) is 11.0 Å². The van der Waals surface area contributed by atoms with Gasteiger partial charge in [0.2, 0.25) is 0 Å². The summed E-state index contributed by atoms with van der Waals surface area (Å²) >= 11 is 3.47. The molecule has 1 fully saturated rings. The van der Waals surface area contributed by atoms with Crippen molar-refractivity contribution >= 4 is 32.7 Å². The Morgan fingerprint density at radius 1 is 1.27 bits per heavy atom. The average Bonchev–Trinajstić information content (AvgIpc) is 3.15. The van der Waals surface area contributed by atoms with Gasteiger partial charge in [-0.1, -0.05) is 5.16 Å². The standard InChI is InChI=1S/C23H24BrFN2O3/c1-15(28)17-3-6-21(20(24)13-17)29-12-2-9-27-10-7-16(8-11-27)23-19-5-4-18(25)14-22(19)30-26-23/h3-6,13-14,16H,2,7-12H2,1H3. The van der Waals surface area contributed by atoms with Crippen LogP contribution in [0.2, 0.25) is 0 Å². The zero-order valence-electron chi connectivity index (χ0n) is 16.9. The van der Waals surface area contributed by atoms with E-state index in [-0.39, 0.29) is 11.6 Å². The van der Waals surface area contributed by atoms with Gasteiger partial charge < -0.3 is 14.2 Å². The van der Waals surface area contributed by atoms with E-state index in [0.717, 1.165) is 60.2 Å². The average molecular weight is 475 g/mol. The lowest BCUT2D eigenvalue weighted by Crippen LogP contribution is -2.34. The van der Waals surface area contributed by atoms with Gasteiger partial charge in [0.05, 0.1) is 16.8 Å². The first-order chi connectivity index (χ1) is 14.5. The Balaban J connectivity index is 1.23. The van der Waals surface area contributed by atoms with Crippen molar-refractivity contribution in [3.05, 3.63) is 57.9 Å². The lowest BCUT2D eigenvalue weighted by Gasteiger charge is -2.31. The molecule has 1 aliphatic rings. The second-order valence-corrected chi connectivity index (χ2v) is 8.58. The van der Waals surface area contributed by atoms with Crippen molar-refractivity contribution in [2.24, 2.45) is 0 Å². The number of halogens is 2. The first-order valence-corrected chi connectivity index (χ1v) is 11.0. The van der Waals surface area contributed by atoms with Gasteiger partial charge in [-0.25, -0.2) is 4.39 Å². The maximum Gasteiger partial charge on any atom is 0.170 e. The molecule has 0 atom stereocenters. The molecule has 2 heterocycles. The van der Waals surface area contributed by atoms with Gasteiger partial charge in [-0.15, -0.1) is 0 Å². The summed E-state index contributed by atoms with van der Waals surface area (Å²) in [6.45, 7) is 5.14. The molecule has 0 spiro atoms. The molecule has 4 rings (SSSR count). The lowest BCUT2D eigenvalue weighted by molar-refractivity contribution is 0.101. The van der Waals surface area contributed by atoms with E-state index in [0.29, 0.717) is 23.7 Å². The third kappa shape index (κ3) is 4.73. The largest absolute Gasteiger partial charge is 0.492 e. The highest BCUT2D eigenvalue weighted by Crippen LogP contribution is 2.33. The predicted molar refractivity (Wildman–Crippen MR) is 117 cm³/mol. The molecular weight excluding hydrogens is 451 g/mol. The number of hydrogen-bond donors (Lipinski definition) is 0. The normalized spacial score (nSPS) is 15.6. The van der Waals surface area contributed by atoms with Crippen LogP contribution in [0, 0.1) is 5.82 Å². The van der Waals surface area contributed by atoms with Crippen LogP contribution in [0.1, 0.15) is 48.2 Å². The van der Waals surface area contributed by atoms with Gasteiger partial charge in [0.15, 0.2) is 11.4 Å². The second kappa shape index (κ2) is 9.27. The summed E-state index contributed by atoms with van der Waals surface area (Å²) in [6, 6.07) is 10.0. The van der Waals surface area contributed by atoms with Gasteiger partial charge in [-0.05, 0) is 85.5 Å². The monoisotopic (exact) mass is 474 g/mol. The minimum Gasteiger partial charge on any atom is -0.492 e. The van der Waals surface area contributed by atoms with Gasteiger partial charge in [0.1, 0.15) is 11.6 Å². The molecule has 0 radical (unpaired) electrons. The summed E-state index contributed by atoms with van der Waals surface area (Å²) in [5.41, 5.74) is 2.14. The molecule has 1 aliphatic heterocycles. The van der Waals surface area contributed by atoms with E-state index in [1.807, 2.05) is 6.07 Å². The number of aromatic nitrogens is 1. The number of rotatable bonds is 7. The molecule has 5 nitrogen and oxygen atoms in total. The number of carbonyl (C=O) groups is 1. The highest BCUT2D eigenvalue weighted by molar-refractivity contribution is 9.10. The molecule has 30 heavy (non-hydrogen) atoms. The number of nitrogens with zero attached hydrogens (tertiary/aromatic N) is 2.